The van der Waals surface area contributed by atoms with Crippen LogP contribution in [0.3, 0.4) is 0 Å². The standard InChI is InChI=1S/C9H15NO2/c1-7(2)6-10-5-3-4-8(11)9(10)12/h7H,3-6H2,1-2H3. The molecule has 0 N–H and O–H groups in total. The van der Waals surface area contributed by atoms with Crippen molar-refractivity contribution < 1.29 is 9.59 Å². The van der Waals surface area contributed by atoms with Gasteiger partial charge < -0.3 is 4.90 Å². The molecule has 0 aromatic heterocycles. The highest BCUT2D eigenvalue weighted by molar-refractivity contribution is 6.36. The van der Waals surface area contributed by atoms with Gasteiger partial charge in [0.25, 0.3) is 5.91 Å². The molecule has 1 rings (SSSR count). The molecule has 3 heteroatoms. The average Bonchev–Trinajstić information content (AvgIpc) is 1.98. The van der Waals surface area contributed by atoms with Crippen molar-refractivity contribution in [1.82, 2.24) is 4.90 Å². The lowest BCUT2D eigenvalue weighted by molar-refractivity contribution is -0.147. The summed E-state index contributed by atoms with van der Waals surface area (Å²) in [6.45, 7) is 5.56. The van der Waals surface area contributed by atoms with Gasteiger partial charge in [0, 0.05) is 19.5 Å². The molecule has 0 spiro atoms. The van der Waals surface area contributed by atoms with Crippen molar-refractivity contribution >= 4 is 11.7 Å². The first-order valence-electron chi connectivity index (χ1n) is 4.43. The number of rotatable bonds is 2. The van der Waals surface area contributed by atoms with E-state index >= 15 is 0 Å². The van der Waals surface area contributed by atoms with E-state index in [4.69, 9.17) is 0 Å². The molecule has 1 aliphatic heterocycles. The van der Waals surface area contributed by atoms with Crippen molar-refractivity contribution in [2.45, 2.75) is 26.7 Å². The van der Waals surface area contributed by atoms with Gasteiger partial charge in [0.15, 0.2) is 0 Å². The number of piperidine rings is 1. The molecule has 12 heavy (non-hydrogen) atoms. The molecule has 1 fully saturated rings. The Hall–Kier alpha value is -0.860. The number of likely N-dealkylation sites (tertiary alicyclic amines) is 1. The Morgan fingerprint density at radius 1 is 1.42 bits per heavy atom. The van der Waals surface area contributed by atoms with Crippen LogP contribution in [0.4, 0.5) is 0 Å². The maximum absolute atomic E-state index is 11.2. The summed E-state index contributed by atoms with van der Waals surface area (Å²) in [6, 6.07) is 0. The number of nitrogens with zero attached hydrogens (tertiary/aromatic N) is 1. The Kier molecular flexibility index (Phi) is 2.84. The van der Waals surface area contributed by atoms with Gasteiger partial charge in [-0.25, -0.2) is 0 Å². The second kappa shape index (κ2) is 3.70. The molecule has 3 nitrogen and oxygen atoms in total. The molecule has 0 radical (unpaired) electrons. The molecule has 1 amide bonds. The summed E-state index contributed by atoms with van der Waals surface area (Å²) in [5.74, 6) is -0.0586. The highest BCUT2D eigenvalue weighted by Gasteiger charge is 2.25. The maximum atomic E-state index is 11.2. The summed E-state index contributed by atoms with van der Waals surface area (Å²) < 4.78 is 0. The lowest BCUT2D eigenvalue weighted by Crippen LogP contribution is -2.43. The number of amides is 1. The topological polar surface area (TPSA) is 37.4 Å². The van der Waals surface area contributed by atoms with Crippen LogP contribution in [0.2, 0.25) is 0 Å². The van der Waals surface area contributed by atoms with Gasteiger partial charge >= 0.3 is 0 Å². The molecule has 0 atom stereocenters. The Morgan fingerprint density at radius 2 is 2.08 bits per heavy atom. The molecular weight excluding hydrogens is 154 g/mol. The predicted octanol–water partition coefficient (Wildman–Crippen LogP) is 0.834. The summed E-state index contributed by atoms with van der Waals surface area (Å²) in [6.07, 6.45) is 1.27. The first kappa shape index (κ1) is 9.23. The molecule has 0 saturated carbocycles. The fourth-order valence-corrected chi connectivity index (χ4v) is 1.43. The minimum absolute atomic E-state index is 0.220. The van der Waals surface area contributed by atoms with Gasteiger partial charge in [0.05, 0.1) is 0 Å². The molecule has 0 aromatic carbocycles. The maximum Gasteiger partial charge on any atom is 0.289 e. The molecular formula is C9H15NO2. The highest BCUT2D eigenvalue weighted by Crippen LogP contribution is 2.09. The van der Waals surface area contributed by atoms with Crippen molar-refractivity contribution in [3.05, 3.63) is 0 Å². The van der Waals surface area contributed by atoms with E-state index in [2.05, 4.69) is 0 Å². The minimum Gasteiger partial charge on any atom is -0.336 e. The third-order valence-corrected chi connectivity index (χ3v) is 1.94. The number of hydrogen-bond donors (Lipinski definition) is 0. The van der Waals surface area contributed by atoms with Crippen LogP contribution < -0.4 is 0 Å². The fraction of sp³-hybridized carbons (Fsp3) is 0.778. The van der Waals surface area contributed by atoms with Crippen LogP contribution in [0.25, 0.3) is 0 Å². The van der Waals surface area contributed by atoms with Gasteiger partial charge in [0.2, 0.25) is 5.78 Å². The molecule has 1 saturated heterocycles. The van der Waals surface area contributed by atoms with Gasteiger partial charge in [-0.15, -0.1) is 0 Å². The van der Waals surface area contributed by atoms with E-state index in [1.54, 1.807) is 4.90 Å². The van der Waals surface area contributed by atoms with E-state index in [0.717, 1.165) is 13.0 Å². The molecule has 1 aliphatic rings. The van der Waals surface area contributed by atoms with Crippen LogP contribution in [-0.4, -0.2) is 29.7 Å². The van der Waals surface area contributed by atoms with Crippen LogP contribution in [0.5, 0.6) is 0 Å². The molecule has 68 valence electrons. The zero-order chi connectivity index (χ0) is 9.14. The number of carbonyl (C=O) groups excluding carboxylic acids is 2. The number of hydrogen-bond acceptors (Lipinski definition) is 2. The van der Waals surface area contributed by atoms with E-state index in [1.165, 1.54) is 0 Å². The smallest absolute Gasteiger partial charge is 0.289 e. The average molecular weight is 169 g/mol. The monoisotopic (exact) mass is 169 g/mol. The van der Waals surface area contributed by atoms with Gasteiger partial charge in [-0.3, -0.25) is 9.59 Å². The minimum atomic E-state index is -0.282. The summed E-state index contributed by atoms with van der Waals surface area (Å²) in [4.78, 5) is 23.9. The largest absolute Gasteiger partial charge is 0.336 e. The van der Waals surface area contributed by atoms with Gasteiger partial charge in [-0.2, -0.15) is 0 Å². The number of ketones is 1. The fourth-order valence-electron chi connectivity index (χ4n) is 1.43. The van der Waals surface area contributed by atoms with Crippen LogP contribution in [0.1, 0.15) is 26.7 Å². The van der Waals surface area contributed by atoms with Crippen LogP contribution in [-0.2, 0) is 9.59 Å². The third kappa shape index (κ3) is 2.06. The summed E-state index contributed by atoms with van der Waals surface area (Å²) in [7, 11) is 0. The number of Topliss-reactive ketones (excluding diaryl/α,β-unsaturated/α-hetero) is 1. The van der Waals surface area contributed by atoms with Gasteiger partial charge in [-0.05, 0) is 12.3 Å². The van der Waals surface area contributed by atoms with E-state index in [-0.39, 0.29) is 11.7 Å². The van der Waals surface area contributed by atoms with Crippen molar-refractivity contribution in [1.29, 1.82) is 0 Å². The SMILES string of the molecule is CC(C)CN1CCCC(=O)C1=O. The van der Waals surface area contributed by atoms with Crippen LogP contribution in [0.15, 0.2) is 0 Å². The second-order valence-electron chi connectivity index (χ2n) is 3.67. The van der Waals surface area contributed by atoms with E-state index in [0.29, 0.717) is 18.9 Å². The van der Waals surface area contributed by atoms with Crippen LogP contribution >= 0.6 is 0 Å². The molecule has 0 bridgehead atoms. The Balaban J connectivity index is 2.52. The summed E-state index contributed by atoms with van der Waals surface area (Å²) >= 11 is 0. The van der Waals surface area contributed by atoms with Gasteiger partial charge in [-0.1, -0.05) is 13.8 Å². The summed E-state index contributed by atoms with van der Waals surface area (Å²) in [5, 5.41) is 0. The highest BCUT2D eigenvalue weighted by atomic mass is 16.2. The predicted molar refractivity (Wildman–Crippen MR) is 45.7 cm³/mol. The first-order chi connectivity index (χ1) is 5.61. The quantitative estimate of drug-likeness (QED) is 0.574. The van der Waals surface area contributed by atoms with Crippen molar-refractivity contribution in [3.63, 3.8) is 0 Å². The number of carbonyl (C=O) groups is 2. The normalized spacial score (nSPS) is 19.1. The van der Waals surface area contributed by atoms with Crippen molar-refractivity contribution in [2.24, 2.45) is 5.92 Å². The lowest BCUT2D eigenvalue weighted by Gasteiger charge is -2.27. The Labute approximate surface area is 72.7 Å². The Morgan fingerprint density at radius 3 is 2.67 bits per heavy atom. The van der Waals surface area contributed by atoms with Crippen molar-refractivity contribution in [3.8, 4) is 0 Å². The van der Waals surface area contributed by atoms with Crippen molar-refractivity contribution in [2.75, 3.05) is 13.1 Å². The lowest BCUT2D eigenvalue weighted by atomic mass is 10.1. The van der Waals surface area contributed by atoms with E-state index < -0.39 is 0 Å². The van der Waals surface area contributed by atoms with E-state index in [9.17, 15) is 9.59 Å². The zero-order valence-corrected chi connectivity index (χ0v) is 7.67. The zero-order valence-electron chi connectivity index (χ0n) is 7.67. The van der Waals surface area contributed by atoms with E-state index in [1.807, 2.05) is 13.8 Å². The molecule has 0 aromatic rings. The van der Waals surface area contributed by atoms with Crippen LogP contribution in [0, 0.1) is 5.92 Å². The first-order valence-corrected chi connectivity index (χ1v) is 4.43. The molecule has 0 aliphatic carbocycles. The second-order valence-corrected chi connectivity index (χ2v) is 3.67. The third-order valence-electron chi connectivity index (χ3n) is 1.94. The summed E-state index contributed by atoms with van der Waals surface area (Å²) in [5.41, 5.74) is 0. The molecule has 1 heterocycles. The molecule has 0 unspecified atom stereocenters. The Bertz CT molecular complexity index is 199. The van der Waals surface area contributed by atoms with Gasteiger partial charge in [0.1, 0.15) is 0 Å².